The van der Waals surface area contributed by atoms with Crippen LogP contribution < -0.4 is 10.6 Å². The summed E-state index contributed by atoms with van der Waals surface area (Å²) >= 11 is 0. The lowest BCUT2D eigenvalue weighted by molar-refractivity contribution is -0.137. The molecule has 1 saturated heterocycles. The van der Waals surface area contributed by atoms with Crippen LogP contribution in [0.1, 0.15) is 48.5 Å². The van der Waals surface area contributed by atoms with Crippen LogP contribution in [0.25, 0.3) is 22.5 Å². The molecule has 1 atom stereocenters. The number of anilines is 1. The van der Waals surface area contributed by atoms with Gasteiger partial charge in [0.15, 0.2) is 0 Å². The molecule has 0 amide bonds. The number of nitrogens with one attached hydrogen (secondary N) is 2. The van der Waals surface area contributed by atoms with Gasteiger partial charge in [0.2, 0.25) is 5.95 Å². The minimum absolute atomic E-state index is 0. The van der Waals surface area contributed by atoms with Crippen LogP contribution in [0.5, 0.6) is 0 Å². The third-order valence-electron chi connectivity index (χ3n) is 6.61. The molecule has 6 nitrogen and oxygen atoms in total. The summed E-state index contributed by atoms with van der Waals surface area (Å²) in [6, 6.07) is 18.7. The first-order valence-electron chi connectivity index (χ1n) is 12.3. The van der Waals surface area contributed by atoms with Gasteiger partial charge in [0.05, 0.1) is 23.0 Å². The standard InChI is InChI=1S/C28H27F3N6.2ClH/c1-18(19-6-3-2-4-7-19)34-27-33-15-12-24(35-27)23-17-25(20-10-13-32-14-11-20)36-37-26(23)21-8-5-9-22(16-21)28(29,30)31;;/h2-9,12,15-18,20,32H,10-11,13-14H2,1H3,(H,33,34,35);2*1H/t18-;;/m0../s1. The summed E-state index contributed by atoms with van der Waals surface area (Å²) in [7, 11) is 0. The molecule has 4 aromatic rings. The molecule has 1 aliphatic rings. The molecule has 1 aliphatic heterocycles. The second-order valence-corrected chi connectivity index (χ2v) is 9.18. The van der Waals surface area contributed by atoms with Crippen LogP contribution in [0.2, 0.25) is 0 Å². The summed E-state index contributed by atoms with van der Waals surface area (Å²) < 4.78 is 40.4. The second kappa shape index (κ2) is 13.2. The van der Waals surface area contributed by atoms with E-state index >= 15 is 0 Å². The molecule has 0 bridgehead atoms. The van der Waals surface area contributed by atoms with Crippen LogP contribution in [0.4, 0.5) is 19.1 Å². The molecule has 0 radical (unpaired) electrons. The summed E-state index contributed by atoms with van der Waals surface area (Å²) in [4.78, 5) is 9.10. The van der Waals surface area contributed by atoms with Crippen molar-refractivity contribution in [1.29, 1.82) is 0 Å². The largest absolute Gasteiger partial charge is 0.416 e. The van der Waals surface area contributed by atoms with Gasteiger partial charge < -0.3 is 10.6 Å². The van der Waals surface area contributed by atoms with E-state index in [4.69, 9.17) is 4.98 Å². The lowest BCUT2D eigenvalue weighted by Gasteiger charge is -2.22. The highest BCUT2D eigenvalue weighted by atomic mass is 35.5. The van der Waals surface area contributed by atoms with Gasteiger partial charge >= 0.3 is 6.18 Å². The SMILES string of the molecule is C[C@H](Nc1nccc(-c2cc(C3CCNCC3)nnc2-c2cccc(C(F)(F)F)c2)n1)c1ccccc1.Cl.Cl. The van der Waals surface area contributed by atoms with Crippen LogP contribution in [-0.2, 0) is 6.18 Å². The van der Waals surface area contributed by atoms with Gasteiger partial charge in [-0.25, -0.2) is 9.97 Å². The van der Waals surface area contributed by atoms with Crippen LogP contribution in [0, 0.1) is 0 Å². The third kappa shape index (κ3) is 7.23. The molecule has 39 heavy (non-hydrogen) atoms. The number of halogens is 5. The predicted octanol–water partition coefficient (Wildman–Crippen LogP) is 7.10. The molecule has 1 fully saturated rings. The zero-order valence-corrected chi connectivity index (χ0v) is 22.8. The van der Waals surface area contributed by atoms with Crippen molar-refractivity contribution in [2.24, 2.45) is 0 Å². The maximum absolute atomic E-state index is 13.5. The number of piperidine rings is 1. The van der Waals surface area contributed by atoms with Crippen molar-refractivity contribution in [1.82, 2.24) is 25.5 Å². The highest BCUT2D eigenvalue weighted by molar-refractivity contribution is 5.85. The first-order chi connectivity index (χ1) is 17.9. The van der Waals surface area contributed by atoms with E-state index in [0.717, 1.165) is 49.3 Å². The maximum Gasteiger partial charge on any atom is 0.416 e. The van der Waals surface area contributed by atoms with Crippen LogP contribution in [0.15, 0.2) is 72.9 Å². The minimum Gasteiger partial charge on any atom is -0.348 e. The molecule has 11 heteroatoms. The van der Waals surface area contributed by atoms with Crippen molar-refractivity contribution in [3.05, 3.63) is 89.7 Å². The van der Waals surface area contributed by atoms with E-state index in [1.165, 1.54) is 6.07 Å². The number of rotatable bonds is 6. The number of aromatic nitrogens is 4. The zero-order chi connectivity index (χ0) is 25.8. The van der Waals surface area contributed by atoms with E-state index in [0.29, 0.717) is 28.5 Å². The van der Waals surface area contributed by atoms with Crippen molar-refractivity contribution in [2.75, 3.05) is 18.4 Å². The van der Waals surface area contributed by atoms with Crippen LogP contribution >= 0.6 is 24.8 Å². The lowest BCUT2D eigenvalue weighted by Crippen LogP contribution is -2.27. The first kappa shape index (κ1) is 30.3. The zero-order valence-electron chi connectivity index (χ0n) is 21.2. The molecule has 0 unspecified atom stereocenters. The van der Waals surface area contributed by atoms with E-state index in [2.05, 4.69) is 25.8 Å². The van der Waals surface area contributed by atoms with Gasteiger partial charge in [0.1, 0.15) is 5.69 Å². The Morgan fingerprint density at radius 2 is 1.67 bits per heavy atom. The normalized spacial score (nSPS) is 14.6. The molecule has 2 aromatic heterocycles. The molecule has 2 aromatic carbocycles. The quantitative estimate of drug-likeness (QED) is 0.255. The Morgan fingerprint density at radius 1 is 0.923 bits per heavy atom. The Hall–Kier alpha value is -3.27. The van der Waals surface area contributed by atoms with Gasteiger partial charge in [-0.05, 0) is 62.7 Å². The van der Waals surface area contributed by atoms with E-state index in [9.17, 15) is 13.2 Å². The minimum atomic E-state index is -4.46. The van der Waals surface area contributed by atoms with E-state index < -0.39 is 11.7 Å². The number of hydrogen-bond donors (Lipinski definition) is 2. The van der Waals surface area contributed by atoms with Gasteiger partial charge in [0.25, 0.3) is 0 Å². The number of nitrogens with zero attached hydrogens (tertiary/aromatic N) is 4. The van der Waals surface area contributed by atoms with Crippen molar-refractivity contribution in [3.8, 4) is 22.5 Å². The molecule has 2 N–H and O–H groups in total. The average molecular weight is 577 g/mol. The summed E-state index contributed by atoms with van der Waals surface area (Å²) in [6.45, 7) is 3.79. The number of alkyl halides is 3. The highest BCUT2D eigenvalue weighted by Gasteiger charge is 2.31. The van der Waals surface area contributed by atoms with E-state index in [1.807, 2.05) is 43.3 Å². The average Bonchev–Trinajstić information content (AvgIpc) is 2.93. The molecule has 0 saturated carbocycles. The Balaban J connectivity index is 0.00000210. The number of hydrogen-bond acceptors (Lipinski definition) is 6. The number of benzene rings is 2. The fraction of sp³-hybridized carbons (Fsp3) is 0.286. The van der Waals surface area contributed by atoms with Gasteiger partial charge in [-0.1, -0.05) is 42.5 Å². The smallest absolute Gasteiger partial charge is 0.348 e. The predicted molar refractivity (Wildman–Crippen MR) is 151 cm³/mol. The molecule has 206 valence electrons. The first-order valence-corrected chi connectivity index (χ1v) is 12.3. The summed E-state index contributed by atoms with van der Waals surface area (Å²) in [5.74, 6) is 0.643. The van der Waals surface area contributed by atoms with Crippen molar-refractivity contribution < 1.29 is 13.2 Å². The third-order valence-corrected chi connectivity index (χ3v) is 6.61. The van der Waals surface area contributed by atoms with E-state index in [-0.39, 0.29) is 36.8 Å². The Kier molecular flexibility index (Phi) is 10.2. The molecule has 3 heterocycles. The topological polar surface area (TPSA) is 75.6 Å². The molecular weight excluding hydrogens is 548 g/mol. The Bertz CT molecular complexity index is 1370. The summed E-state index contributed by atoms with van der Waals surface area (Å²) in [6.07, 6.45) is -0.981. The van der Waals surface area contributed by atoms with Crippen LogP contribution in [0.3, 0.4) is 0 Å². The maximum atomic E-state index is 13.5. The monoisotopic (exact) mass is 576 g/mol. The molecular formula is C28H29Cl2F3N6. The van der Waals surface area contributed by atoms with Crippen molar-refractivity contribution in [3.63, 3.8) is 0 Å². The van der Waals surface area contributed by atoms with Crippen molar-refractivity contribution in [2.45, 2.75) is 37.9 Å². The fourth-order valence-corrected chi connectivity index (χ4v) is 4.57. The van der Waals surface area contributed by atoms with Gasteiger partial charge in [-0.15, -0.1) is 29.9 Å². The molecule has 0 spiro atoms. The Labute approximate surface area is 237 Å². The van der Waals surface area contributed by atoms with Crippen LogP contribution in [-0.4, -0.2) is 33.3 Å². The van der Waals surface area contributed by atoms with Gasteiger partial charge in [-0.2, -0.15) is 18.3 Å². The molecule has 0 aliphatic carbocycles. The van der Waals surface area contributed by atoms with Gasteiger partial charge in [-0.3, -0.25) is 0 Å². The van der Waals surface area contributed by atoms with Gasteiger partial charge in [0, 0.05) is 23.2 Å². The lowest BCUT2D eigenvalue weighted by atomic mass is 9.92. The summed E-state index contributed by atoms with van der Waals surface area (Å²) in [5, 5.41) is 15.6. The van der Waals surface area contributed by atoms with E-state index in [1.54, 1.807) is 18.3 Å². The fourth-order valence-electron chi connectivity index (χ4n) is 4.57. The highest BCUT2D eigenvalue weighted by Crippen LogP contribution is 2.36. The van der Waals surface area contributed by atoms with Crippen molar-refractivity contribution >= 4 is 30.8 Å². The second-order valence-electron chi connectivity index (χ2n) is 9.18. The Morgan fingerprint density at radius 3 is 2.38 bits per heavy atom. The summed E-state index contributed by atoms with van der Waals surface area (Å²) in [5.41, 5.74) is 3.04. The molecule has 5 rings (SSSR count).